The molecule has 0 heterocycles. The Morgan fingerprint density at radius 2 is 2.20 bits per heavy atom. The van der Waals surface area contributed by atoms with Crippen LogP contribution < -0.4 is 0 Å². The van der Waals surface area contributed by atoms with Crippen LogP contribution in [0.1, 0.15) is 13.8 Å². The normalized spacial score (nSPS) is 12.3. The van der Waals surface area contributed by atoms with Gasteiger partial charge in [-0.05, 0) is 13.8 Å². The fraction of sp³-hybridized carbons (Fsp3) is 0.833. The van der Waals surface area contributed by atoms with Crippen LogP contribution in [0.25, 0.3) is 0 Å². The Hall–Kier alpha value is -0.250. The molecule has 0 aliphatic carbocycles. The minimum absolute atomic E-state index is 0.178. The Kier molecular flexibility index (Phi) is 5.39. The van der Waals surface area contributed by atoms with Gasteiger partial charge in [-0.2, -0.15) is 0 Å². The molecule has 1 unspecified atom stereocenters. The van der Waals surface area contributed by atoms with Crippen molar-refractivity contribution in [3.05, 3.63) is 0 Å². The van der Waals surface area contributed by atoms with E-state index >= 15 is 0 Å². The second-order valence-electron chi connectivity index (χ2n) is 1.77. The van der Waals surface area contributed by atoms with E-state index in [1.54, 1.807) is 6.92 Å². The van der Waals surface area contributed by atoms with Crippen molar-refractivity contribution in [2.75, 3.05) is 13.2 Å². The Labute approximate surface area is 68.8 Å². The zero-order valence-corrected chi connectivity index (χ0v) is 7.68. The maximum Gasteiger partial charge on any atom is 0.508 e. The monoisotopic (exact) mass is 210 g/mol. The topological polar surface area (TPSA) is 35.5 Å². The van der Waals surface area contributed by atoms with Crippen LogP contribution in [0.2, 0.25) is 0 Å². The minimum Gasteiger partial charge on any atom is -0.435 e. The summed E-state index contributed by atoms with van der Waals surface area (Å²) in [5, 5.41) is 0. The van der Waals surface area contributed by atoms with Gasteiger partial charge in [-0.25, -0.2) is 4.79 Å². The van der Waals surface area contributed by atoms with E-state index in [2.05, 4.69) is 25.4 Å². The van der Waals surface area contributed by atoms with Crippen LogP contribution >= 0.6 is 15.9 Å². The van der Waals surface area contributed by atoms with Crippen molar-refractivity contribution in [2.45, 2.75) is 18.7 Å². The maximum atomic E-state index is 10.5. The molecule has 0 aromatic carbocycles. The SMILES string of the molecule is CCOC(=O)OCC(C)Br. The van der Waals surface area contributed by atoms with Gasteiger partial charge in [0.1, 0.15) is 6.61 Å². The number of rotatable bonds is 3. The Balaban J connectivity index is 3.22. The molecule has 0 radical (unpaired) electrons. The van der Waals surface area contributed by atoms with Gasteiger partial charge in [-0.3, -0.25) is 0 Å². The zero-order valence-electron chi connectivity index (χ0n) is 6.09. The molecule has 0 amide bonds. The van der Waals surface area contributed by atoms with Gasteiger partial charge in [0.15, 0.2) is 0 Å². The van der Waals surface area contributed by atoms with E-state index in [9.17, 15) is 4.79 Å². The van der Waals surface area contributed by atoms with Crippen LogP contribution in [0.3, 0.4) is 0 Å². The van der Waals surface area contributed by atoms with E-state index in [1.807, 2.05) is 6.92 Å². The molecular weight excluding hydrogens is 200 g/mol. The van der Waals surface area contributed by atoms with Crippen LogP contribution in [-0.4, -0.2) is 24.2 Å². The lowest BCUT2D eigenvalue weighted by molar-refractivity contribution is 0.0604. The van der Waals surface area contributed by atoms with Gasteiger partial charge in [0.2, 0.25) is 0 Å². The summed E-state index contributed by atoms with van der Waals surface area (Å²) in [5.74, 6) is 0. The first kappa shape index (κ1) is 9.75. The predicted octanol–water partition coefficient (Wildman–Crippen LogP) is 1.94. The second kappa shape index (κ2) is 5.53. The van der Waals surface area contributed by atoms with Crippen molar-refractivity contribution in [1.29, 1.82) is 0 Å². The van der Waals surface area contributed by atoms with Gasteiger partial charge in [-0.15, -0.1) is 0 Å². The van der Waals surface area contributed by atoms with E-state index in [1.165, 1.54) is 0 Å². The van der Waals surface area contributed by atoms with Gasteiger partial charge in [-0.1, -0.05) is 15.9 Å². The molecule has 0 fully saturated rings. The lowest BCUT2D eigenvalue weighted by Crippen LogP contribution is -2.12. The first-order valence-corrected chi connectivity index (χ1v) is 4.02. The zero-order chi connectivity index (χ0) is 7.98. The fourth-order valence-corrected chi connectivity index (χ4v) is 0.475. The average molecular weight is 211 g/mol. The highest BCUT2D eigenvalue weighted by Crippen LogP contribution is 1.98. The first-order chi connectivity index (χ1) is 4.66. The highest BCUT2D eigenvalue weighted by Gasteiger charge is 2.03. The molecule has 0 spiro atoms. The van der Waals surface area contributed by atoms with Crippen molar-refractivity contribution in [3.63, 3.8) is 0 Å². The van der Waals surface area contributed by atoms with E-state index in [4.69, 9.17) is 0 Å². The van der Waals surface area contributed by atoms with Crippen LogP contribution in [0, 0.1) is 0 Å². The summed E-state index contributed by atoms with van der Waals surface area (Å²) >= 11 is 3.22. The van der Waals surface area contributed by atoms with Gasteiger partial charge in [0.25, 0.3) is 0 Å². The third kappa shape index (κ3) is 5.88. The summed E-state index contributed by atoms with van der Waals surface area (Å²) in [6.07, 6.45) is -0.603. The third-order valence-corrected chi connectivity index (χ3v) is 0.957. The highest BCUT2D eigenvalue weighted by molar-refractivity contribution is 9.09. The average Bonchev–Trinajstić information content (AvgIpc) is 1.85. The maximum absolute atomic E-state index is 10.5. The highest BCUT2D eigenvalue weighted by atomic mass is 79.9. The lowest BCUT2D eigenvalue weighted by atomic mass is 10.5. The molecular formula is C6H11BrO3. The summed E-state index contributed by atoms with van der Waals surface area (Å²) in [6.45, 7) is 4.33. The molecule has 0 aliphatic heterocycles. The quantitative estimate of drug-likeness (QED) is 0.528. The molecule has 1 atom stereocenters. The molecule has 3 nitrogen and oxygen atoms in total. The van der Waals surface area contributed by atoms with Crippen molar-refractivity contribution in [3.8, 4) is 0 Å². The smallest absolute Gasteiger partial charge is 0.435 e. The van der Waals surface area contributed by atoms with Crippen LogP contribution in [0.5, 0.6) is 0 Å². The number of ether oxygens (including phenoxy) is 2. The van der Waals surface area contributed by atoms with Crippen LogP contribution in [-0.2, 0) is 9.47 Å². The molecule has 0 aromatic rings. The predicted molar refractivity (Wildman–Crippen MR) is 41.4 cm³/mol. The molecule has 0 aliphatic rings. The summed E-state index contributed by atoms with van der Waals surface area (Å²) in [5.41, 5.74) is 0. The van der Waals surface area contributed by atoms with Gasteiger partial charge < -0.3 is 9.47 Å². The minimum atomic E-state index is -0.603. The molecule has 0 saturated carbocycles. The van der Waals surface area contributed by atoms with Crippen molar-refractivity contribution in [2.24, 2.45) is 0 Å². The Morgan fingerprint density at radius 3 is 2.60 bits per heavy atom. The molecule has 0 aromatic heterocycles. The summed E-state index contributed by atoms with van der Waals surface area (Å²) in [4.78, 5) is 10.7. The molecule has 0 bridgehead atoms. The van der Waals surface area contributed by atoms with Crippen molar-refractivity contribution >= 4 is 22.1 Å². The number of carbonyl (C=O) groups excluding carboxylic acids is 1. The number of halogens is 1. The van der Waals surface area contributed by atoms with E-state index < -0.39 is 6.16 Å². The number of hydrogen-bond donors (Lipinski definition) is 0. The van der Waals surface area contributed by atoms with E-state index in [0.29, 0.717) is 13.2 Å². The number of hydrogen-bond acceptors (Lipinski definition) is 3. The molecule has 0 saturated heterocycles. The summed E-state index contributed by atoms with van der Waals surface area (Å²) in [6, 6.07) is 0. The Bertz CT molecular complexity index is 103. The molecule has 60 valence electrons. The second-order valence-corrected chi connectivity index (χ2v) is 3.34. The fourth-order valence-electron chi connectivity index (χ4n) is 0.342. The molecule has 0 rings (SSSR count). The third-order valence-electron chi connectivity index (χ3n) is 0.693. The first-order valence-electron chi connectivity index (χ1n) is 3.10. The van der Waals surface area contributed by atoms with Crippen LogP contribution in [0.15, 0.2) is 0 Å². The molecule has 0 N–H and O–H groups in total. The van der Waals surface area contributed by atoms with Crippen LogP contribution in [0.4, 0.5) is 4.79 Å². The summed E-state index contributed by atoms with van der Waals surface area (Å²) in [7, 11) is 0. The molecule has 10 heavy (non-hydrogen) atoms. The number of alkyl halides is 1. The Morgan fingerprint density at radius 1 is 1.60 bits per heavy atom. The van der Waals surface area contributed by atoms with Gasteiger partial charge in [0, 0.05) is 4.83 Å². The number of carbonyl (C=O) groups is 1. The van der Waals surface area contributed by atoms with Crippen molar-refractivity contribution in [1.82, 2.24) is 0 Å². The summed E-state index contributed by atoms with van der Waals surface area (Å²) < 4.78 is 9.15. The van der Waals surface area contributed by atoms with E-state index in [0.717, 1.165) is 0 Å². The standard InChI is InChI=1S/C6H11BrO3/c1-3-9-6(8)10-4-5(2)7/h5H,3-4H2,1-2H3. The van der Waals surface area contributed by atoms with Gasteiger partial charge >= 0.3 is 6.16 Å². The van der Waals surface area contributed by atoms with E-state index in [-0.39, 0.29) is 4.83 Å². The van der Waals surface area contributed by atoms with Crippen molar-refractivity contribution < 1.29 is 14.3 Å². The molecule has 4 heteroatoms. The van der Waals surface area contributed by atoms with Gasteiger partial charge in [0.05, 0.1) is 6.61 Å². The largest absolute Gasteiger partial charge is 0.508 e. The lowest BCUT2D eigenvalue weighted by Gasteiger charge is -2.04.